The van der Waals surface area contributed by atoms with Crippen LogP contribution in [0.2, 0.25) is 0 Å². The van der Waals surface area contributed by atoms with Gasteiger partial charge in [-0.1, -0.05) is 12.1 Å². The third-order valence-electron chi connectivity index (χ3n) is 3.68. The number of halogens is 1. The molecule has 1 aliphatic rings. The maximum atomic E-state index is 13.6. The van der Waals surface area contributed by atoms with Gasteiger partial charge in [0, 0.05) is 13.1 Å². The Morgan fingerprint density at radius 3 is 2.67 bits per heavy atom. The molecule has 1 aromatic carbocycles. The normalized spacial score (nSPS) is 14.6. The van der Waals surface area contributed by atoms with E-state index in [-0.39, 0.29) is 24.7 Å². The van der Waals surface area contributed by atoms with Crippen molar-refractivity contribution in [1.82, 2.24) is 9.88 Å². The van der Waals surface area contributed by atoms with E-state index in [1.807, 2.05) is 0 Å². The van der Waals surface area contributed by atoms with E-state index in [0.29, 0.717) is 18.1 Å². The van der Waals surface area contributed by atoms with Crippen LogP contribution < -0.4 is 16.0 Å². The summed E-state index contributed by atoms with van der Waals surface area (Å²) in [6.07, 6.45) is 1.51. The standard InChI is InChI=1S/C16H16FN5O2/c17-12-3-1-2-4-13(12)20-16(24)22-8-7-21(10-15(22)23)14-6-5-11(18)9-19-14/h1-6,9H,7-8,10,18H2,(H,20,24). The number of rotatable bonds is 2. The molecule has 3 rings (SSSR count). The molecule has 0 atom stereocenters. The third kappa shape index (κ3) is 3.27. The predicted molar refractivity (Wildman–Crippen MR) is 88.0 cm³/mol. The molecule has 1 aliphatic heterocycles. The average molecular weight is 329 g/mol. The number of carbonyl (C=O) groups excluding carboxylic acids is 2. The molecule has 2 heterocycles. The summed E-state index contributed by atoms with van der Waals surface area (Å²) in [4.78, 5) is 31.4. The molecule has 1 aromatic heterocycles. The van der Waals surface area contributed by atoms with Gasteiger partial charge in [0.2, 0.25) is 5.91 Å². The monoisotopic (exact) mass is 329 g/mol. The van der Waals surface area contributed by atoms with Gasteiger partial charge in [0.25, 0.3) is 0 Å². The molecule has 24 heavy (non-hydrogen) atoms. The number of amides is 3. The number of aromatic nitrogens is 1. The first kappa shape index (κ1) is 15.7. The number of benzene rings is 1. The molecule has 2 aromatic rings. The van der Waals surface area contributed by atoms with Crippen LogP contribution in [-0.4, -0.2) is 41.5 Å². The van der Waals surface area contributed by atoms with Crippen molar-refractivity contribution >= 4 is 29.1 Å². The number of nitrogen functional groups attached to an aromatic ring is 1. The van der Waals surface area contributed by atoms with Crippen molar-refractivity contribution in [2.75, 3.05) is 35.6 Å². The maximum Gasteiger partial charge on any atom is 0.328 e. The fourth-order valence-corrected chi connectivity index (χ4v) is 2.41. The summed E-state index contributed by atoms with van der Waals surface area (Å²) in [6, 6.07) is 8.57. The number of piperazine rings is 1. The Morgan fingerprint density at radius 2 is 2.00 bits per heavy atom. The van der Waals surface area contributed by atoms with E-state index in [0.717, 1.165) is 4.90 Å². The molecular formula is C16H16FN5O2. The van der Waals surface area contributed by atoms with Crippen LogP contribution in [0.4, 0.5) is 26.4 Å². The molecule has 0 saturated carbocycles. The smallest absolute Gasteiger partial charge is 0.328 e. The van der Waals surface area contributed by atoms with E-state index in [1.54, 1.807) is 23.1 Å². The third-order valence-corrected chi connectivity index (χ3v) is 3.68. The molecule has 0 radical (unpaired) electrons. The largest absolute Gasteiger partial charge is 0.397 e. The summed E-state index contributed by atoms with van der Waals surface area (Å²) in [5.41, 5.74) is 6.17. The van der Waals surface area contributed by atoms with Gasteiger partial charge in [-0.05, 0) is 24.3 Å². The number of nitrogens with zero attached hydrogens (tertiary/aromatic N) is 3. The zero-order valence-corrected chi connectivity index (χ0v) is 12.8. The number of hydrogen-bond acceptors (Lipinski definition) is 5. The number of nitrogens with two attached hydrogens (primary N) is 1. The second kappa shape index (κ2) is 6.53. The quantitative estimate of drug-likeness (QED) is 0.875. The number of imide groups is 1. The molecule has 7 nitrogen and oxygen atoms in total. The molecule has 0 spiro atoms. The Kier molecular flexibility index (Phi) is 4.28. The summed E-state index contributed by atoms with van der Waals surface area (Å²) >= 11 is 0. The lowest BCUT2D eigenvalue weighted by molar-refractivity contribution is -0.127. The molecule has 3 amide bonds. The van der Waals surface area contributed by atoms with E-state index in [1.165, 1.54) is 24.4 Å². The highest BCUT2D eigenvalue weighted by molar-refractivity contribution is 6.03. The highest BCUT2D eigenvalue weighted by Crippen LogP contribution is 2.17. The molecular weight excluding hydrogens is 313 g/mol. The fraction of sp³-hybridized carbons (Fsp3) is 0.188. The van der Waals surface area contributed by atoms with Crippen molar-refractivity contribution in [2.45, 2.75) is 0 Å². The van der Waals surface area contributed by atoms with E-state index in [2.05, 4.69) is 10.3 Å². The van der Waals surface area contributed by atoms with Crippen LogP contribution in [-0.2, 0) is 4.79 Å². The summed E-state index contributed by atoms with van der Waals surface area (Å²) in [6.45, 7) is 0.639. The van der Waals surface area contributed by atoms with E-state index in [9.17, 15) is 14.0 Å². The fourth-order valence-electron chi connectivity index (χ4n) is 2.41. The van der Waals surface area contributed by atoms with Crippen LogP contribution >= 0.6 is 0 Å². The number of hydrogen-bond donors (Lipinski definition) is 2. The van der Waals surface area contributed by atoms with Crippen molar-refractivity contribution in [3.8, 4) is 0 Å². The number of carbonyl (C=O) groups is 2. The number of pyridine rings is 1. The first-order valence-electron chi connectivity index (χ1n) is 7.37. The van der Waals surface area contributed by atoms with Gasteiger partial charge in [-0.3, -0.25) is 9.69 Å². The molecule has 0 aliphatic carbocycles. The minimum absolute atomic E-state index is 0.0155. The Balaban J connectivity index is 1.65. The minimum Gasteiger partial charge on any atom is -0.397 e. The first-order chi connectivity index (χ1) is 11.5. The predicted octanol–water partition coefficient (Wildman–Crippen LogP) is 1.68. The Labute approximate surface area is 137 Å². The van der Waals surface area contributed by atoms with Crippen LogP contribution in [0, 0.1) is 5.82 Å². The zero-order valence-electron chi connectivity index (χ0n) is 12.8. The highest BCUT2D eigenvalue weighted by Gasteiger charge is 2.29. The van der Waals surface area contributed by atoms with E-state index < -0.39 is 11.8 Å². The summed E-state index contributed by atoms with van der Waals surface area (Å²) in [7, 11) is 0. The number of nitrogens with one attached hydrogen (secondary N) is 1. The van der Waals surface area contributed by atoms with Crippen LogP contribution in [0.3, 0.4) is 0 Å². The van der Waals surface area contributed by atoms with Gasteiger partial charge in [0.05, 0.1) is 24.1 Å². The molecule has 0 bridgehead atoms. The van der Waals surface area contributed by atoms with Gasteiger partial charge < -0.3 is 16.0 Å². The molecule has 3 N–H and O–H groups in total. The number of urea groups is 1. The van der Waals surface area contributed by atoms with Crippen molar-refractivity contribution in [3.05, 3.63) is 48.4 Å². The first-order valence-corrected chi connectivity index (χ1v) is 7.37. The van der Waals surface area contributed by atoms with Crippen molar-refractivity contribution < 1.29 is 14.0 Å². The van der Waals surface area contributed by atoms with Crippen LogP contribution in [0.5, 0.6) is 0 Å². The topological polar surface area (TPSA) is 91.6 Å². The lowest BCUT2D eigenvalue weighted by atomic mass is 10.3. The van der Waals surface area contributed by atoms with Gasteiger partial charge in [-0.25, -0.2) is 14.2 Å². The molecule has 124 valence electrons. The Hall–Kier alpha value is -3.16. The summed E-state index contributed by atoms with van der Waals surface area (Å²) < 4.78 is 13.6. The second-order valence-electron chi connectivity index (χ2n) is 5.33. The van der Waals surface area contributed by atoms with Crippen LogP contribution in [0.25, 0.3) is 0 Å². The van der Waals surface area contributed by atoms with E-state index >= 15 is 0 Å². The van der Waals surface area contributed by atoms with Crippen LogP contribution in [0.1, 0.15) is 0 Å². The van der Waals surface area contributed by atoms with E-state index in [4.69, 9.17) is 5.73 Å². The van der Waals surface area contributed by atoms with Crippen molar-refractivity contribution in [2.24, 2.45) is 0 Å². The number of anilines is 3. The minimum atomic E-state index is -0.644. The molecule has 0 unspecified atom stereocenters. The van der Waals surface area contributed by atoms with Gasteiger partial charge >= 0.3 is 6.03 Å². The lowest BCUT2D eigenvalue weighted by Crippen LogP contribution is -2.54. The Bertz CT molecular complexity index is 765. The zero-order chi connectivity index (χ0) is 17.1. The maximum absolute atomic E-state index is 13.6. The number of para-hydroxylation sites is 1. The van der Waals surface area contributed by atoms with Crippen LogP contribution in [0.15, 0.2) is 42.6 Å². The second-order valence-corrected chi connectivity index (χ2v) is 5.33. The van der Waals surface area contributed by atoms with Gasteiger partial charge in [0.15, 0.2) is 0 Å². The SMILES string of the molecule is Nc1ccc(N2CCN(C(=O)Nc3ccccc3F)C(=O)C2)nc1. The summed E-state index contributed by atoms with van der Waals surface area (Å²) in [5.74, 6) is -0.316. The lowest BCUT2D eigenvalue weighted by Gasteiger charge is -2.33. The van der Waals surface area contributed by atoms with Gasteiger partial charge in [0.1, 0.15) is 11.6 Å². The van der Waals surface area contributed by atoms with Crippen molar-refractivity contribution in [3.63, 3.8) is 0 Å². The van der Waals surface area contributed by atoms with Crippen molar-refractivity contribution in [1.29, 1.82) is 0 Å². The Morgan fingerprint density at radius 1 is 1.21 bits per heavy atom. The summed E-state index contributed by atoms with van der Waals surface area (Å²) in [5, 5.41) is 2.41. The molecule has 8 heteroatoms. The molecule has 1 fully saturated rings. The van der Waals surface area contributed by atoms with Gasteiger partial charge in [-0.2, -0.15) is 0 Å². The molecule has 1 saturated heterocycles. The average Bonchev–Trinajstić information content (AvgIpc) is 2.57. The highest BCUT2D eigenvalue weighted by atomic mass is 19.1. The van der Waals surface area contributed by atoms with Gasteiger partial charge in [-0.15, -0.1) is 0 Å².